The molecule has 4 aromatic carbocycles. The van der Waals surface area contributed by atoms with Crippen LogP contribution in [0.15, 0.2) is 108 Å². The molecule has 0 saturated heterocycles. The lowest BCUT2D eigenvalue weighted by Gasteiger charge is -2.20. The minimum Gasteiger partial charge on any atom is -0.497 e. The summed E-state index contributed by atoms with van der Waals surface area (Å²) in [4.78, 5) is 15.6. The molecule has 1 amide bonds. The van der Waals surface area contributed by atoms with E-state index in [1.807, 2.05) is 91.0 Å². The van der Waals surface area contributed by atoms with Gasteiger partial charge in [-0.15, -0.1) is 0 Å². The van der Waals surface area contributed by atoms with E-state index in [2.05, 4.69) is 0 Å². The molecule has 0 spiro atoms. The van der Waals surface area contributed by atoms with Crippen LogP contribution < -0.4 is 20.2 Å². The van der Waals surface area contributed by atoms with E-state index < -0.39 is 6.19 Å². The van der Waals surface area contributed by atoms with Crippen LogP contribution in [0.25, 0.3) is 0 Å². The summed E-state index contributed by atoms with van der Waals surface area (Å²) in [6.45, 7) is 0.399. The third-order valence-corrected chi connectivity index (χ3v) is 10.1. The highest BCUT2D eigenvalue weighted by Crippen LogP contribution is 2.47. The Morgan fingerprint density at radius 1 is 0.886 bits per heavy atom. The van der Waals surface area contributed by atoms with Crippen LogP contribution >= 0.6 is 17.8 Å². The first-order valence-corrected chi connectivity index (χ1v) is 14.2. The quantitative estimate of drug-likeness (QED) is 0.307. The molecular weight excluding hydrogens is 495 g/mol. The summed E-state index contributed by atoms with van der Waals surface area (Å²) in [5.74, 6) is 0.585. The monoisotopic (exact) mass is 516 g/mol. The first kappa shape index (κ1) is 23.5. The van der Waals surface area contributed by atoms with Gasteiger partial charge < -0.3 is 9.64 Å². The highest BCUT2D eigenvalue weighted by Gasteiger charge is 2.36. The van der Waals surface area contributed by atoms with Gasteiger partial charge in [0.15, 0.2) is 0 Å². The van der Waals surface area contributed by atoms with E-state index in [0.29, 0.717) is 22.8 Å². The van der Waals surface area contributed by atoms with Crippen molar-refractivity contribution in [3.63, 3.8) is 0 Å². The maximum absolute atomic E-state index is 13.8. The molecular formula is C28H22ClN2O2PS. The molecule has 0 radical (unpaired) electrons. The van der Waals surface area contributed by atoms with Gasteiger partial charge in [-0.3, -0.25) is 4.79 Å². The standard InChI is InChI=1S/C28H22ClN2O2PS/c1-33-22-15-12-20(13-16-22)19-31-26-17-14-21(29)18-25(26)27(28(31)32)30-34(35,23-8-4-2-5-9-23)24-10-6-3-7-11-24/h2-18H,19H2,1H3/b30-27+. The summed E-state index contributed by atoms with van der Waals surface area (Å²) in [5, 5.41) is 2.40. The number of rotatable bonds is 6. The van der Waals surface area contributed by atoms with Crippen molar-refractivity contribution in [3.05, 3.63) is 119 Å². The first-order valence-electron chi connectivity index (χ1n) is 11.1. The largest absolute Gasteiger partial charge is 0.497 e. The summed E-state index contributed by atoms with van der Waals surface area (Å²) < 4.78 is 10.4. The number of carbonyl (C=O) groups is 1. The zero-order chi connectivity index (χ0) is 24.4. The molecule has 7 heteroatoms. The molecule has 174 valence electrons. The Bertz CT molecular complexity index is 1410. The molecule has 0 atom stereocenters. The highest BCUT2D eigenvalue weighted by molar-refractivity contribution is 8.21. The summed E-state index contributed by atoms with van der Waals surface area (Å²) in [6, 6.07) is 32.8. The lowest BCUT2D eigenvalue weighted by atomic mass is 10.1. The summed E-state index contributed by atoms with van der Waals surface area (Å²) >= 11 is 12.7. The van der Waals surface area contributed by atoms with Crippen molar-refractivity contribution in [1.82, 2.24) is 0 Å². The fourth-order valence-electron chi connectivity index (χ4n) is 4.12. The van der Waals surface area contributed by atoms with Crippen LogP contribution in [0.4, 0.5) is 5.69 Å². The third-order valence-electron chi connectivity index (χ3n) is 5.91. The van der Waals surface area contributed by atoms with Crippen LogP contribution in [0, 0.1) is 0 Å². The molecule has 0 unspecified atom stereocenters. The fraction of sp³-hybridized carbons (Fsp3) is 0.0714. The number of amides is 1. The molecule has 0 saturated carbocycles. The van der Waals surface area contributed by atoms with E-state index in [9.17, 15) is 4.79 Å². The van der Waals surface area contributed by atoms with Gasteiger partial charge >= 0.3 is 0 Å². The molecule has 0 fully saturated rings. The van der Waals surface area contributed by atoms with Crippen molar-refractivity contribution in [2.24, 2.45) is 4.76 Å². The van der Waals surface area contributed by atoms with E-state index in [-0.39, 0.29) is 5.91 Å². The molecule has 35 heavy (non-hydrogen) atoms. The number of halogens is 1. The van der Waals surface area contributed by atoms with Gasteiger partial charge in [-0.2, -0.15) is 0 Å². The number of nitrogens with zero attached hydrogens (tertiary/aromatic N) is 2. The van der Waals surface area contributed by atoms with Crippen molar-refractivity contribution in [1.29, 1.82) is 0 Å². The Balaban J connectivity index is 1.64. The van der Waals surface area contributed by atoms with Crippen molar-refractivity contribution in [2.75, 3.05) is 12.0 Å². The van der Waals surface area contributed by atoms with Crippen LogP contribution in [-0.4, -0.2) is 18.7 Å². The first-order chi connectivity index (χ1) is 17.0. The summed E-state index contributed by atoms with van der Waals surface area (Å²) in [5.41, 5.74) is 2.81. The number of hydrogen-bond acceptors (Lipinski definition) is 3. The molecule has 0 aliphatic carbocycles. The second-order valence-electron chi connectivity index (χ2n) is 8.10. The van der Waals surface area contributed by atoms with Crippen molar-refractivity contribution in [3.8, 4) is 5.75 Å². The Morgan fingerprint density at radius 3 is 2.06 bits per heavy atom. The van der Waals surface area contributed by atoms with Gasteiger partial charge in [0.2, 0.25) is 0 Å². The van der Waals surface area contributed by atoms with Gasteiger partial charge in [0.05, 0.1) is 19.3 Å². The minimum absolute atomic E-state index is 0.181. The van der Waals surface area contributed by atoms with E-state index in [1.54, 1.807) is 24.1 Å². The van der Waals surface area contributed by atoms with E-state index in [4.69, 9.17) is 32.9 Å². The van der Waals surface area contributed by atoms with Gasteiger partial charge in [-0.1, -0.05) is 96.2 Å². The van der Waals surface area contributed by atoms with Crippen molar-refractivity contribution >= 4 is 57.5 Å². The Labute approximate surface area is 214 Å². The lowest BCUT2D eigenvalue weighted by Crippen LogP contribution is -2.30. The maximum atomic E-state index is 13.8. The number of ether oxygens (including phenoxy) is 1. The van der Waals surface area contributed by atoms with E-state index in [1.165, 1.54) is 0 Å². The minimum atomic E-state index is -2.69. The zero-order valence-corrected chi connectivity index (χ0v) is 21.4. The van der Waals surface area contributed by atoms with Crippen molar-refractivity contribution in [2.45, 2.75) is 6.54 Å². The van der Waals surface area contributed by atoms with Crippen LogP contribution in [0.1, 0.15) is 11.1 Å². The number of hydrogen-bond donors (Lipinski definition) is 0. The predicted octanol–water partition coefficient (Wildman–Crippen LogP) is 5.73. The SMILES string of the molecule is COc1ccc(CN2C(=O)/C(=N/P(=S)(c3ccccc3)c3ccccc3)c3cc(Cl)ccc32)cc1. The third kappa shape index (κ3) is 4.55. The molecule has 1 aliphatic heterocycles. The van der Waals surface area contributed by atoms with Crippen LogP contribution in [0.2, 0.25) is 5.02 Å². The molecule has 1 heterocycles. The van der Waals surface area contributed by atoms with Gasteiger partial charge in [-0.05, 0) is 35.9 Å². The van der Waals surface area contributed by atoms with E-state index >= 15 is 0 Å². The lowest BCUT2D eigenvalue weighted by molar-refractivity contribution is -0.112. The van der Waals surface area contributed by atoms with Gasteiger partial charge in [0.25, 0.3) is 5.91 Å². The Kier molecular flexibility index (Phi) is 6.57. The smallest absolute Gasteiger partial charge is 0.277 e. The summed E-state index contributed by atoms with van der Waals surface area (Å²) in [6.07, 6.45) is -2.69. The molecule has 4 aromatic rings. The second-order valence-corrected chi connectivity index (χ2v) is 12.5. The van der Waals surface area contributed by atoms with Gasteiger partial charge in [0, 0.05) is 21.2 Å². The zero-order valence-electron chi connectivity index (χ0n) is 19.0. The molecule has 0 N–H and O–H groups in total. The average Bonchev–Trinajstić information content (AvgIpc) is 3.15. The summed E-state index contributed by atoms with van der Waals surface area (Å²) in [7, 11) is 1.63. The van der Waals surface area contributed by atoms with Gasteiger partial charge in [-0.25, -0.2) is 4.76 Å². The number of methoxy groups -OCH3 is 1. The molecule has 4 nitrogen and oxygen atoms in total. The molecule has 0 aromatic heterocycles. The molecule has 5 rings (SSSR count). The molecule has 0 bridgehead atoms. The average molecular weight is 517 g/mol. The Hall–Kier alpha value is -3.24. The molecule has 1 aliphatic rings. The predicted molar refractivity (Wildman–Crippen MR) is 149 cm³/mol. The Morgan fingerprint density at radius 2 is 1.49 bits per heavy atom. The number of benzene rings is 4. The van der Waals surface area contributed by atoms with E-state index in [0.717, 1.165) is 27.6 Å². The fourth-order valence-corrected chi connectivity index (χ4v) is 7.42. The topological polar surface area (TPSA) is 41.9 Å². The van der Waals surface area contributed by atoms with Crippen LogP contribution in [0.5, 0.6) is 5.75 Å². The maximum Gasteiger partial charge on any atom is 0.277 e. The second kappa shape index (κ2) is 9.79. The normalized spacial score (nSPS) is 14.3. The van der Waals surface area contributed by atoms with Crippen LogP contribution in [-0.2, 0) is 23.1 Å². The van der Waals surface area contributed by atoms with Gasteiger partial charge in [0.1, 0.15) is 17.6 Å². The number of anilines is 1. The number of fused-ring (bicyclic) bond motifs is 1. The highest BCUT2D eigenvalue weighted by atomic mass is 35.5. The van der Waals surface area contributed by atoms with Crippen LogP contribution in [0.3, 0.4) is 0 Å². The number of carbonyl (C=O) groups excluding carboxylic acids is 1. The van der Waals surface area contributed by atoms with Crippen molar-refractivity contribution < 1.29 is 9.53 Å².